The molecule has 0 aromatic heterocycles. The van der Waals surface area contributed by atoms with Crippen LogP contribution in [0.3, 0.4) is 0 Å². The maximum Gasteiger partial charge on any atom is 0.234 e. The summed E-state index contributed by atoms with van der Waals surface area (Å²) < 4.78 is 19.0. The van der Waals surface area contributed by atoms with Crippen LogP contribution in [0.15, 0.2) is 36.4 Å². The Morgan fingerprint density at radius 1 is 1.38 bits per heavy atom. The van der Waals surface area contributed by atoms with E-state index in [1.54, 1.807) is 30.3 Å². The van der Waals surface area contributed by atoms with Crippen LogP contribution in [-0.2, 0) is 4.79 Å². The topological polar surface area (TPSA) is 38.3 Å². The molecule has 0 saturated carbocycles. The number of aryl methyl sites for hydroxylation is 1. The van der Waals surface area contributed by atoms with Gasteiger partial charge in [0.1, 0.15) is 11.6 Å². The predicted octanol–water partition coefficient (Wildman–Crippen LogP) is 5.23. The van der Waals surface area contributed by atoms with E-state index in [1.165, 1.54) is 24.9 Å². The van der Waals surface area contributed by atoms with Crippen molar-refractivity contribution in [1.29, 1.82) is 0 Å². The van der Waals surface area contributed by atoms with Gasteiger partial charge in [0.25, 0.3) is 0 Å². The van der Waals surface area contributed by atoms with Gasteiger partial charge in [0, 0.05) is 21.9 Å². The molecule has 2 aromatic rings. The third kappa shape index (κ3) is 4.65. The highest BCUT2D eigenvalue weighted by atomic mass is 35.5. The van der Waals surface area contributed by atoms with E-state index in [-0.39, 0.29) is 22.7 Å². The summed E-state index contributed by atoms with van der Waals surface area (Å²) in [5.41, 5.74) is 2.01. The summed E-state index contributed by atoms with van der Waals surface area (Å²) in [4.78, 5) is 12.2. The molecule has 2 rings (SSSR count). The summed E-state index contributed by atoms with van der Waals surface area (Å²) in [7, 11) is 1.52. The number of carbonyl (C=O) groups is 1. The summed E-state index contributed by atoms with van der Waals surface area (Å²) in [6.07, 6.45) is 0. The Kier molecular flexibility index (Phi) is 6.52. The Hall–Kier alpha value is -1.72. The van der Waals surface area contributed by atoms with Crippen molar-refractivity contribution in [3.63, 3.8) is 0 Å². The normalized spacial score (nSPS) is 11.9. The number of methoxy groups -OCH3 is 1. The van der Waals surface area contributed by atoms with Crippen molar-refractivity contribution in [1.82, 2.24) is 0 Å². The van der Waals surface area contributed by atoms with Crippen molar-refractivity contribution in [3.05, 3.63) is 58.4 Å². The first-order chi connectivity index (χ1) is 11.4. The van der Waals surface area contributed by atoms with E-state index in [4.69, 9.17) is 16.3 Å². The number of benzene rings is 2. The van der Waals surface area contributed by atoms with Crippen LogP contribution in [0.4, 0.5) is 10.1 Å². The third-order valence-electron chi connectivity index (χ3n) is 3.56. The molecule has 1 amide bonds. The van der Waals surface area contributed by atoms with E-state index in [2.05, 4.69) is 5.32 Å². The first-order valence-corrected chi connectivity index (χ1v) is 8.85. The minimum Gasteiger partial charge on any atom is -0.495 e. The number of halogens is 2. The van der Waals surface area contributed by atoms with Crippen molar-refractivity contribution < 1.29 is 13.9 Å². The zero-order valence-corrected chi connectivity index (χ0v) is 15.3. The number of ether oxygens (including phenoxy) is 1. The molecule has 0 heterocycles. The number of thioether (sulfide) groups is 1. The minimum absolute atomic E-state index is 0.120. The van der Waals surface area contributed by atoms with Crippen molar-refractivity contribution in [2.24, 2.45) is 0 Å². The molecule has 0 fully saturated rings. The second-order valence-corrected chi connectivity index (χ2v) is 7.06. The lowest BCUT2D eigenvalue weighted by Crippen LogP contribution is -2.15. The Morgan fingerprint density at radius 3 is 2.75 bits per heavy atom. The number of anilines is 1. The number of hydrogen-bond donors (Lipinski definition) is 1. The Morgan fingerprint density at radius 2 is 2.08 bits per heavy atom. The molecule has 128 valence electrons. The van der Waals surface area contributed by atoms with Gasteiger partial charge in [0.15, 0.2) is 0 Å². The molecule has 0 aliphatic carbocycles. The van der Waals surface area contributed by atoms with E-state index in [0.29, 0.717) is 22.0 Å². The standard InChI is InChI=1S/C18H19ClFNO2S/c1-11-8-16(17(23-3)9-14(11)19)21-18(22)10-24-12(2)13-6-4-5-7-15(13)20/h4-9,12H,10H2,1-3H3,(H,21,22). The number of amides is 1. The Bertz CT molecular complexity index is 739. The van der Waals surface area contributed by atoms with Crippen LogP contribution < -0.4 is 10.1 Å². The molecule has 0 spiro atoms. The van der Waals surface area contributed by atoms with Gasteiger partial charge in [0.05, 0.1) is 18.6 Å². The highest BCUT2D eigenvalue weighted by molar-refractivity contribution is 8.00. The fraction of sp³-hybridized carbons (Fsp3) is 0.278. The maximum atomic E-state index is 13.7. The molecule has 0 saturated heterocycles. The molecule has 0 radical (unpaired) electrons. The fourth-order valence-electron chi connectivity index (χ4n) is 2.21. The molecule has 0 bridgehead atoms. The van der Waals surface area contributed by atoms with Gasteiger partial charge in [-0.25, -0.2) is 4.39 Å². The van der Waals surface area contributed by atoms with Crippen LogP contribution in [0.5, 0.6) is 5.75 Å². The minimum atomic E-state index is -0.257. The molecule has 1 unspecified atom stereocenters. The second-order valence-electron chi connectivity index (χ2n) is 5.32. The molecular formula is C18H19ClFNO2S. The predicted molar refractivity (Wildman–Crippen MR) is 98.6 cm³/mol. The van der Waals surface area contributed by atoms with Crippen LogP contribution in [-0.4, -0.2) is 18.8 Å². The molecule has 2 aromatic carbocycles. The number of hydrogen-bond acceptors (Lipinski definition) is 3. The van der Waals surface area contributed by atoms with Crippen molar-refractivity contribution >= 4 is 35.0 Å². The van der Waals surface area contributed by atoms with Crippen molar-refractivity contribution in [2.75, 3.05) is 18.2 Å². The van der Waals surface area contributed by atoms with Crippen LogP contribution >= 0.6 is 23.4 Å². The fourth-order valence-corrected chi connectivity index (χ4v) is 3.21. The van der Waals surface area contributed by atoms with Crippen LogP contribution in [0, 0.1) is 12.7 Å². The lowest BCUT2D eigenvalue weighted by molar-refractivity contribution is -0.113. The average Bonchev–Trinajstić information content (AvgIpc) is 2.56. The molecule has 6 heteroatoms. The molecule has 1 N–H and O–H groups in total. The van der Waals surface area contributed by atoms with Crippen LogP contribution in [0.1, 0.15) is 23.3 Å². The van der Waals surface area contributed by atoms with Gasteiger partial charge in [-0.1, -0.05) is 29.8 Å². The van der Waals surface area contributed by atoms with Gasteiger partial charge in [0.2, 0.25) is 5.91 Å². The van der Waals surface area contributed by atoms with Crippen LogP contribution in [0.2, 0.25) is 5.02 Å². The Balaban J connectivity index is 1.99. The summed E-state index contributed by atoms with van der Waals surface area (Å²) in [5, 5.41) is 3.27. The lowest BCUT2D eigenvalue weighted by atomic mass is 10.1. The molecule has 0 aliphatic rings. The van der Waals surface area contributed by atoms with E-state index < -0.39 is 0 Å². The SMILES string of the molecule is COc1cc(Cl)c(C)cc1NC(=O)CSC(C)c1ccccc1F. The van der Waals surface area contributed by atoms with E-state index in [9.17, 15) is 9.18 Å². The van der Waals surface area contributed by atoms with Gasteiger partial charge in [-0.05, 0) is 31.5 Å². The van der Waals surface area contributed by atoms with Gasteiger partial charge in [-0.3, -0.25) is 4.79 Å². The first-order valence-electron chi connectivity index (χ1n) is 7.42. The molecule has 3 nitrogen and oxygen atoms in total. The average molecular weight is 368 g/mol. The summed E-state index contributed by atoms with van der Waals surface area (Å²) in [6, 6.07) is 10.0. The zero-order valence-electron chi connectivity index (χ0n) is 13.7. The second kappa shape index (κ2) is 8.40. The monoisotopic (exact) mass is 367 g/mol. The molecule has 0 aliphatic heterocycles. The summed E-state index contributed by atoms with van der Waals surface area (Å²) >= 11 is 7.43. The van der Waals surface area contributed by atoms with Gasteiger partial charge in [-0.2, -0.15) is 0 Å². The zero-order chi connectivity index (χ0) is 17.7. The molecular weight excluding hydrogens is 349 g/mol. The third-order valence-corrected chi connectivity index (χ3v) is 5.15. The van der Waals surface area contributed by atoms with E-state index >= 15 is 0 Å². The Labute approximate surface area is 150 Å². The lowest BCUT2D eigenvalue weighted by Gasteiger charge is -2.14. The summed E-state index contributed by atoms with van der Waals surface area (Å²) in [5.74, 6) is 0.280. The highest BCUT2D eigenvalue weighted by Gasteiger charge is 2.14. The van der Waals surface area contributed by atoms with E-state index in [1.807, 2.05) is 13.8 Å². The van der Waals surface area contributed by atoms with Crippen LogP contribution in [0.25, 0.3) is 0 Å². The maximum absolute atomic E-state index is 13.7. The smallest absolute Gasteiger partial charge is 0.234 e. The highest BCUT2D eigenvalue weighted by Crippen LogP contribution is 2.32. The summed E-state index contributed by atoms with van der Waals surface area (Å²) in [6.45, 7) is 3.73. The van der Waals surface area contributed by atoms with Crippen molar-refractivity contribution in [3.8, 4) is 5.75 Å². The van der Waals surface area contributed by atoms with Crippen molar-refractivity contribution in [2.45, 2.75) is 19.1 Å². The number of rotatable bonds is 6. The number of carbonyl (C=O) groups excluding carboxylic acids is 1. The first kappa shape index (κ1) is 18.6. The quantitative estimate of drug-likeness (QED) is 0.759. The molecule has 24 heavy (non-hydrogen) atoms. The van der Waals surface area contributed by atoms with Gasteiger partial charge < -0.3 is 10.1 Å². The number of nitrogens with one attached hydrogen (secondary N) is 1. The van der Waals surface area contributed by atoms with Gasteiger partial charge >= 0.3 is 0 Å². The molecule has 1 atom stereocenters. The van der Waals surface area contributed by atoms with Gasteiger partial charge in [-0.15, -0.1) is 11.8 Å². The van der Waals surface area contributed by atoms with E-state index in [0.717, 1.165) is 5.56 Å². The largest absolute Gasteiger partial charge is 0.495 e.